The Balaban J connectivity index is 1.49. The normalized spacial score (nSPS) is 22.0. The van der Waals surface area contributed by atoms with Crippen molar-refractivity contribution in [3.05, 3.63) is 62.5 Å². The molecule has 45 heavy (non-hydrogen) atoms. The minimum absolute atomic E-state index is 0.0518. The van der Waals surface area contributed by atoms with Gasteiger partial charge in [0, 0.05) is 12.3 Å². The van der Waals surface area contributed by atoms with E-state index in [9.17, 15) is 0 Å². The van der Waals surface area contributed by atoms with Gasteiger partial charge in [0.1, 0.15) is 18.9 Å². The molecule has 1 aliphatic carbocycles. The quantitative estimate of drug-likeness (QED) is 0.171. The molecular formula is C32H48N7O4Si2. The van der Waals surface area contributed by atoms with Gasteiger partial charge in [-0.25, -0.2) is 4.98 Å². The first-order valence-corrected chi connectivity index (χ1v) is 21.4. The zero-order valence-corrected chi connectivity index (χ0v) is 30.4. The van der Waals surface area contributed by atoms with Crippen LogP contribution in [0.1, 0.15) is 59.9 Å². The van der Waals surface area contributed by atoms with Crippen LogP contribution in [-0.4, -0.2) is 76.6 Å². The van der Waals surface area contributed by atoms with Gasteiger partial charge in [-0.3, -0.25) is 4.57 Å². The number of nitrogens with zero attached hydrogens (tertiary/aromatic N) is 7. The Morgan fingerprint density at radius 3 is 2.36 bits per heavy atom. The predicted molar refractivity (Wildman–Crippen MR) is 179 cm³/mol. The van der Waals surface area contributed by atoms with Crippen LogP contribution < -0.4 is 4.74 Å². The van der Waals surface area contributed by atoms with Crippen molar-refractivity contribution in [3.63, 3.8) is 0 Å². The minimum Gasteiger partial charge on any atom is -0.472 e. The Morgan fingerprint density at radius 2 is 1.71 bits per heavy atom. The lowest BCUT2D eigenvalue weighted by molar-refractivity contribution is -0.0383. The van der Waals surface area contributed by atoms with Crippen LogP contribution in [0.3, 0.4) is 0 Å². The summed E-state index contributed by atoms with van der Waals surface area (Å²) < 4.78 is 29.9. The lowest BCUT2D eigenvalue weighted by Gasteiger charge is -2.40. The Kier molecular flexibility index (Phi) is 9.51. The van der Waals surface area contributed by atoms with Crippen LogP contribution in [0.4, 0.5) is 0 Å². The van der Waals surface area contributed by atoms with E-state index < -0.39 is 16.6 Å². The van der Waals surface area contributed by atoms with Crippen LogP contribution in [0.2, 0.25) is 36.3 Å². The van der Waals surface area contributed by atoms with E-state index in [1.807, 2.05) is 30.3 Å². The molecule has 5 rings (SSSR count). The fraction of sp³-hybridized carbons (Fsp3) is 0.562. The second-order valence-corrected chi connectivity index (χ2v) is 24.4. The standard InChI is InChI=1S/C32H48N7O4Si2/c1-12-17-40-29-27-28(34-30(35-29)39-19-23(36-37-39)22-15-13-14-16-22)38(21-33-27)26-18-24(43-45(10,11)32(5,6)7)25(42-26)20-41-44(8,9)31(2,3)4/h12-16,19,21,24-26H,1,17-18,20H2,2-11H3/t24-,25+,26+/m0/s1. The monoisotopic (exact) mass is 650 g/mol. The van der Waals surface area contributed by atoms with Gasteiger partial charge in [0.2, 0.25) is 5.88 Å². The summed E-state index contributed by atoms with van der Waals surface area (Å²) in [6.07, 6.45) is 13.0. The first kappa shape index (κ1) is 33.9. The first-order valence-electron chi connectivity index (χ1n) is 15.6. The molecular weight excluding hydrogens is 603 g/mol. The summed E-state index contributed by atoms with van der Waals surface area (Å²) in [5.41, 5.74) is 1.83. The summed E-state index contributed by atoms with van der Waals surface area (Å²) in [4.78, 5) is 14.2. The van der Waals surface area contributed by atoms with E-state index in [4.69, 9.17) is 23.3 Å². The molecule has 0 spiro atoms. The van der Waals surface area contributed by atoms with E-state index >= 15 is 0 Å². The van der Waals surface area contributed by atoms with Gasteiger partial charge in [-0.05, 0) is 61.9 Å². The smallest absolute Gasteiger partial charge is 0.257 e. The molecule has 3 atom stereocenters. The molecule has 243 valence electrons. The Hall–Kier alpha value is -2.46. The van der Waals surface area contributed by atoms with Crippen molar-refractivity contribution in [2.75, 3.05) is 13.2 Å². The van der Waals surface area contributed by atoms with Crippen molar-refractivity contribution < 1.29 is 18.3 Å². The molecule has 2 fully saturated rings. The highest BCUT2D eigenvalue weighted by atomic mass is 28.4. The van der Waals surface area contributed by atoms with Gasteiger partial charge in [-0.2, -0.15) is 14.6 Å². The maximum Gasteiger partial charge on any atom is 0.257 e. The van der Waals surface area contributed by atoms with E-state index in [2.05, 4.69) is 94.6 Å². The summed E-state index contributed by atoms with van der Waals surface area (Å²) in [7, 11) is -4.13. The van der Waals surface area contributed by atoms with Crippen LogP contribution in [0, 0.1) is 31.6 Å². The van der Waals surface area contributed by atoms with Crippen molar-refractivity contribution in [2.24, 2.45) is 0 Å². The summed E-state index contributed by atoms with van der Waals surface area (Å²) in [5.74, 6) is 1.62. The second kappa shape index (κ2) is 12.6. The van der Waals surface area contributed by atoms with E-state index in [1.165, 1.54) is 0 Å². The maximum atomic E-state index is 7.00. The van der Waals surface area contributed by atoms with E-state index in [1.54, 1.807) is 23.3 Å². The average Bonchev–Trinajstić information content (AvgIpc) is 3.75. The van der Waals surface area contributed by atoms with E-state index in [-0.39, 0.29) is 35.1 Å². The molecule has 3 aromatic rings. The SMILES string of the molecule is C=CCOc1nc(-n2cc([C]3[CH][CH][CH][CH]3)nn2)nc2c1ncn2[C@H]1C[C@H](O[Si](C)(C)C(C)(C)C)[C@@H](CO[Si](C)(C)C(C)(C)C)O1. The number of aromatic nitrogens is 7. The lowest BCUT2D eigenvalue weighted by Crippen LogP contribution is -2.48. The molecule has 1 aliphatic heterocycles. The highest BCUT2D eigenvalue weighted by molar-refractivity contribution is 6.74. The second-order valence-electron chi connectivity index (χ2n) is 14.8. The van der Waals surface area contributed by atoms with Crippen molar-refractivity contribution in [1.29, 1.82) is 0 Å². The summed E-state index contributed by atoms with van der Waals surface area (Å²) in [5, 5.41) is 8.78. The van der Waals surface area contributed by atoms with Gasteiger partial charge >= 0.3 is 0 Å². The molecule has 1 saturated heterocycles. The van der Waals surface area contributed by atoms with Crippen molar-refractivity contribution >= 4 is 27.8 Å². The molecule has 3 aromatic heterocycles. The Labute approximate surface area is 270 Å². The maximum absolute atomic E-state index is 7.00. The lowest BCUT2D eigenvalue weighted by atomic mass is 10.1. The molecule has 4 heterocycles. The Bertz CT molecular complexity index is 1480. The molecule has 0 unspecified atom stereocenters. The van der Waals surface area contributed by atoms with Gasteiger partial charge in [0.05, 0.1) is 30.9 Å². The predicted octanol–water partition coefficient (Wildman–Crippen LogP) is 6.42. The number of fused-ring (bicyclic) bond motifs is 1. The zero-order valence-electron chi connectivity index (χ0n) is 28.4. The number of hydrogen-bond donors (Lipinski definition) is 0. The minimum atomic E-state index is -2.11. The molecule has 5 radical (unpaired) electrons. The molecule has 13 heteroatoms. The molecule has 2 aliphatic rings. The van der Waals surface area contributed by atoms with Crippen LogP contribution in [0.25, 0.3) is 17.1 Å². The fourth-order valence-corrected chi connectivity index (χ4v) is 7.05. The summed E-state index contributed by atoms with van der Waals surface area (Å²) in [6, 6.07) is 0. The number of imidazole rings is 1. The van der Waals surface area contributed by atoms with E-state index in [0.29, 0.717) is 36.0 Å². The average molecular weight is 651 g/mol. The molecule has 11 nitrogen and oxygen atoms in total. The third-order valence-corrected chi connectivity index (χ3v) is 18.5. The largest absolute Gasteiger partial charge is 0.472 e. The highest BCUT2D eigenvalue weighted by Gasteiger charge is 2.47. The van der Waals surface area contributed by atoms with Gasteiger partial charge in [0.15, 0.2) is 27.8 Å². The summed E-state index contributed by atoms with van der Waals surface area (Å²) in [6.45, 7) is 27.1. The molecule has 1 saturated carbocycles. The van der Waals surface area contributed by atoms with E-state index in [0.717, 1.165) is 11.6 Å². The van der Waals surface area contributed by atoms with Gasteiger partial charge in [-0.15, -0.1) is 5.10 Å². The molecule has 0 aromatic carbocycles. The number of hydrogen-bond acceptors (Lipinski definition) is 9. The van der Waals surface area contributed by atoms with Gasteiger partial charge in [0.25, 0.3) is 5.95 Å². The van der Waals surface area contributed by atoms with Crippen molar-refractivity contribution in [2.45, 2.75) is 103 Å². The van der Waals surface area contributed by atoms with Gasteiger partial charge < -0.3 is 18.3 Å². The fourth-order valence-electron chi connectivity index (χ4n) is 4.68. The molecule has 0 N–H and O–H groups in total. The van der Waals surface area contributed by atoms with Crippen LogP contribution in [0.5, 0.6) is 5.88 Å². The number of ether oxygens (including phenoxy) is 2. The van der Waals surface area contributed by atoms with Gasteiger partial charge in [-0.1, -0.05) is 59.4 Å². The van der Waals surface area contributed by atoms with Crippen LogP contribution in [-0.2, 0) is 13.6 Å². The molecule has 0 bridgehead atoms. The first-order chi connectivity index (χ1) is 21.0. The third-order valence-electron chi connectivity index (χ3n) is 9.53. The molecule has 0 amide bonds. The Morgan fingerprint density at radius 1 is 1.02 bits per heavy atom. The van der Waals surface area contributed by atoms with Crippen LogP contribution in [0.15, 0.2) is 25.2 Å². The highest BCUT2D eigenvalue weighted by Crippen LogP contribution is 2.43. The van der Waals surface area contributed by atoms with Crippen LogP contribution >= 0.6 is 0 Å². The van der Waals surface area contributed by atoms with Crippen molar-refractivity contribution in [1.82, 2.24) is 34.5 Å². The zero-order chi connectivity index (χ0) is 32.8. The third kappa shape index (κ3) is 7.12. The summed E-state index contributed by atoms with van der Waals surface area (Å²) >= 11 is 0. The van der Waals surface area contributed by atoms with Crippen molar-refractivity contribution in [3.8, 4) is 11.8 Å². The number of rotatable bonds is 11. The topological polar surface area (TPSA) is 111 Å².